The molecule has 0 aromatic heterocycles. The molecule has 0 spiro atoms. The molecule has 3 nitrogen and oxygen atoms in total. The van der Waals surface area contributed by atoms with Crippen molar-refractivity contribution in [2.45, 2.75) is 45.0 Å². The molecule has 1 fully saturated rings. The first-order valence-electron chi connectivity index (χ1n) is 8.71. The molecule has 1 aromatic carbocycles. The number of hydrogen-bond donors (Lipinski definition) is 2. The molecule has 2 N–H and O–H groups in total. The third-order valence-corrected chi connectivity index (χ3v) is 5.06. The van der Waals surface area contributed by atoms with Crippen LogP contribution in [0.1, 0.15) is 43.7 Å². The van der Waals surface area contributed by atoms with Crippen molar-refractivity contribution in [3.8, 4) is 0 Å². The summed E-state index contributed by atoms with van der Waals surface area (Å²) in [7, 11) is 0. The van der Waals surface area contributed by atoms with Gasteiger partial charge in [0.15, 0.2) is 5.11 Å². The Bertz CT molecular complexity index is 692. The molecule has 0 aliphatic heterocycles. The number of carbonyl (C=O) groups is 1. The maximum absolute atomic E-state index is 12.9. The fourth-order valence-electron chi connectivity index (χ4n) is 3.21. The van der Waals surface area contributed by atoms with Crippen LogP contribution in [0.25, 0.3) is 0 Å². The summed E-state index contributed by atoms with van der Waals surface area (Å²) >= 11 is 5.00. The van der Waals surface area contributed by atoms with Crippen molar-refractivity contribution in [1.29, 1.82) is 0 Å². The Morgan fingerprint density at radius 3 is 1.93 bits per heavy atom. The second-order valence-corrected chi connectivity index (χ2v) is 7.37. The van der Waals surface area contributed by atoms with Gasteiger partial charge in [0, 0.05) is 18.2 Å². The number of anilines is 1. The molecule has 0 radical (unpaired) electrons. The van der Waals surface area contributed by atoms with E-state index in [1.807, 2.05) is 0 Å². The van der Waals surface area contributed by atoms with Crippen LogP contribution in [0.2, 0.25) is 0 Å². The van der Waals surface area contributed by atoms with Gasteiger partial charge < -0.3 is 10.6 Å². The Morgan fingerprint density at radius 2 is 1.50 bits per heavy atom. The highest BCUT2D eigenvalue weighted by molar-refractivity contribution is 7.80. The van der Waals surface area contributed by atoms with Crippen molar-refractivity contribution in [3.63, 3.8) is 0 Å². The molecular weight excluding hydrogens is 406 g/mol. The smallest absolute Gasteiger partial charge is 0.362 e. The van der Waals surface area contributed by atoms with Crippen LogP contribution in [0.3, 0.4) is 0 Å². The third kappa shape index (κ3) is 6.35. The molecule has 0 saturated heterocycles. The fraction of sp³-hybridized carbons (Fsp3) is 0.556. The van der Waals surface area contributed by atoms with Crippen molar-refractivity contribution in [2.24, 2.45) is 11.8 Å². The molecule has 1 aromatic rings. The van der Waals surface area contributed by atoms with Gasteiger partial charge in [-0.15, -0.1) is 0 Å². The number of rotatable bonds is 4. The third-order valence-electron chi connectivity index (χ3n) is 4.82. The summed E-state index contributed by atoms with van der Waals surface area (Å²) in [5.74, 6) is 0.462. The van der Waals surface area contributed by atoms with Gasteiger partial charge in [-0.1, -0.05) is 0 Å². The minimum atomic E-state index is -4.91. The summed E-state index contributed by atoms with van der Waals surface area (Å²) in [5, 5.41) is 5.18. The lowest BCUT2D eigenvalue weighted by Gasteiger charge is -2.27. The van der Waals surface area contributed by atoms with Crippen molar-refractivity contribution in [2.75, 3.05) is 11.9 Å². The molecule has 0 bridgehead atoms. The normalized spacial score (nSPS) is 20.5. The molecule has 1 aliphatic carbocycles. The van der Waals surface area contributed by atoms with Crippen LogP contribution in [-0.4, -0.2) is 17.4 Å². The Labute approximate surface area is 163 Å². The van der Waals surface area contributed by atoms with E-state index < -0.39 is 23.5 Å². The van der Waals surface area contributed by atoms with Crippen molar-refractivity contribution in [3.05, 3.63) is 29.3 Å². The lowest BCUT2D eigenvalue weighted by Crippen LogP contribution is -2.34. The number of ketones is 1. The highest BCUT2D eigenvalue weighted by atomic mass is 32.1. The summed E-state index contributed by atoms with van der Waals surface area (Å²) < 4.78 is 77.3. The fourth-order valence-corrected chi connectivity index (χ4v) is 3.41. The van der Waals surface area contributed by atoms with Crippen LogP contribution < -0.4 is 10.6 Å². The molecular formula is C18H20F6N2OS. The highest BCUT2D eigenvalue weighted by Crippen LogP contribution is 2.37. The minimum absolute atomic E-state index is 0.0545. The number of carbonyl (C=O) groups excluding carboxylic acids is 1. The van der Waals surface area contributed by atoms with E-state index in [0.29, 0.717) is 18.7 Å². The molecule has 28 heavy (non-hydrogen) atoms. The summed E-state index contributed by atoms with van der Waals surface area (Å²) in [6.45, 7) is 1.99. The molecule has 0 atom stereocenters. The number of thiocarbonyl (C=S) groups is 1. The number of hydrogen-bond acceptors (Lipinski definition) is 2. The van der Waals surface area contributed by atoms with Gasteiger partial charge in [0.1, 0.15) is 5.78 Å². The second-order valence-electron chi connectivity index (χ2n) is 6.96. The first kappa shape index (κ1) is 22.4. The predicted molar refractivity (Wildman–Crippen MR) is 96.8 cm³/mol. The number of nitrogens with one attached hydrogen (secondary N) is 2. The summed E-state index contributed by atoms with van der Waals surface area (Å²) in [4.78, 5) is 11.4. The van der Waals surface area contributed by atoms with Gasteiger partial charge in [0.25, 0.3) is 0 Å². The van der Waals surface area contributed by atoms with Gasteiger partial charge >= 0.3 is 12.4 Å². The van der Waals surface area contributed by atoms with Crippen LogP contribution in [0.15, 0.2) is 18.2 Å². The minimum Gasteiger partial charge on any atom is -0.362 e. The number of alkyl halides is 6. The number of halogens is 6. The van der Waals surface area contributed by atoms with Gasteiger partial charge in [-0.2, -0.15) is 26.3 Å². The zero-order valence-corrected chi connectivity index (χ0v) is 15.8. The molecule has 1 saturated carbocycles. The van der Waals surface area contributed by atoms with E-state index in [-0.39, 0.29) is 34.5 Å². The zero-order valence-electron chi connectivity index (χ0n) is 15.0. The molecule has 156 valence electrons. The molecule has 2 rings (SSSR count). The van der Waals surface area contributed by atoms with Crippen molar-refractivity contribution >= 4 is 28.8 Å². The van der Waals surface area contributed by atoms with Gasteiger partial charge in [-0.05, 0) is 68.9 Å². The quantitative estimate of drug-likeness (QED) is 0.499. The average molecular weight is 426 g/mol. The molecule has 0 unspecified atom stereocenters. The van der Waals surface area contributed by atoms with E-state index in [0.717, 1.165) is 25.7 Å². The van der Waals surface area contributed by atoms with Crippen LogP contribution >= 0.6 is 12.2 Å². The van der Waals surface area contributed by atoms with Gasteiger partial charge in [0.05, 0.1) is 11.1 Å². The Kier molecular flexibility index (Phi) is 6.95. The Morgan fingerprint density at radius 1 is 1.00 bits per heavy atom. The van der Waals surface area contributed by atoms with E-state index in [9.17, 15) is 31.1 Å². The molecule has 1 aliphatic rings. The van der Waals surface area contributed by atoms with Crippen LogP contribution in [-0.2, 0) is 17.1 Å². The Hall–Kier alpha value is -1.84. The summed E-state index contributed by atoms with van der Waals surface area (Å²) in [6, 6.07) is 1.23. The molecule has 0 heterocycles. The van der Waals surface area contributed by atoms with Gasteiger partial charge in [0.2, 0.25) is 0 Å². The second kappa shape index (κ2) is 8.67. The maximum atomic E-state index is 12.9. The Balaban J connectivity index is 1.99. The topological polar surface area (TPSA) is 41.1 Å². The lowest BCUT2D eigenvalue weighted by molar-refractivity contribution is -0.143. The van der Waals surface area contributed by atoms with Crippen molar-refractivity contribution in [1.82, 2.24) is 5.32 Å². The van der Waals surface area contributed by atoms with Crippen molar-refractivity contribution < 1.29 is 31.1 Å². The number of Topliss-reactive ketones (excluding diaryl/α,β-unsaturated/α-hetero) is 1. The zero-order chi connectivity index (χ0) is 21.1. The van der Waals surface area contributed by atoms with E-state index in [4.69, 9.17) is 12.2 Å². The molecule has 10 heteroatoms. The standard InChI is InChI=1S/C18H20F6N2OS/c1-10(27)12-4-2-11(3-5-12)9-25-16(28)26-15-7-13(17(19,20)21)6-14(8-15)18(22,23)24/h6-8,11-12H,2-5,9H2,1H3,(H2,25,26,28). The highest BCUT2D eigenvalue weighted by Gasteiger charge is 2.37. The van der Waals surface area contributed by atoms with E-state index in [1.165, 1.54) is 0 Å². The van der Waals surface area contributed by atoms with E-state index >= 15 is 0 Å². The lowest BCUT2D eigenvalue weighted by atomic mass is 9.80. The van der Waals surface area contributed by atoms with E-state index in [1.54, 1.807) is 6.92 Å². The monoisotopic (exact) mass is 426 g/mol. The van der Waals surface area contributed by atoms with Gasteiger partial charge in [-0.3, -0.25) is 4.79 Å². The SMILES string of the molecule is CC(=O)C1CCC(CNC(=S)Nc2cc(C(F)(F)F)cc(C(F)(F)F)c2)CC1. The van der Waals surface area contributed by atoms with E-state index in [2.05, 4.69) is 10.6 Å². The van der Waals surface area contributed by atoms with Crippen LogP contribution in [0, 0.1) is 11.8 Å². The molecule has 0 amide bonds. The number of benzene rings is 1. The predicted octanol–water partition coefficient (Wildman–Crippen LogP) is 5.41. The van der Waals surface area contributed by atoms with Crippen LogP contribution in [0.5, 0.6) is 0 Å². The largest absolute Gasteiger partial charge is 0.416 e. The summed E-state index contributed by atoms with van der Waals surface area (Å²) in [5.41, 5.74) is -3.20. The maximum Gasteiger partial charge on any atom is 0.416 e. The van der Waals surface area contributed by atoms with Gasteiger partial charge in [-0.25, -0.2) is 0 Å². The first-order chi connectivity index (χ1) is 12.9. The van der Waals surface area contributed by atoms with Crippen LogP contribution in [0.4, 0.5) is 32.0 Å². The summed E-state index contributed by atoms with van der Waals surface area (Å²) in [6.07, 6.45) is -6.68. The average Bonchev–Trinajstić information content (AvgIpc) is 2.58. The first-order valence-corrected chi connectivity index (χ1v) is 9.12.